The molecule has 0 aliphatic heterocycles. The molecule has 1 aromatic heterocycles. The van der Waals surface area contributed by atoms with Crippen molar-refractivity contribution in [1.82, 2.24) is 4.98 Å². The Kier molecular flexibility index (Phi) is 4.75. The fraction of sp³-hybridized carbons (Fsp3) is 0.267. The van der Waals surface area contributed by atoms with Gasteiger partial charge in [0, 0.05) is 37.0 Å². The van der Waals surface area contributed by atoms with Gasteiger partial charge in [-0.25, -0.2) is 0 Å². The minimum atomic E-state index is 0.451. The molecule has 4 nitrogen and oxygen atoms in total. The Hall–Kier alpha value is -2.07. The van der Waals surface area contributed by atoms with E-state index < -0.39 is 0 Å². The lowest BCUT2D eigenvalue weighted by Gasteiger charge is -2.12. The number of benzene rings is 1. The third-order valence-corrected chi connectivity index (χ3v) is 2.87. The Morgan fingerprint density at radius 1 is 1.26 bits per heavy atom. The predicted molar refractivity (Wildman–Crippen MR) is 74.3 cm³/mol. The summed E-state index contributed by atoms with van der Waals surface area (Å²) in [5.41, 5.74) is 7.83. The molecule has 2 aromatic rings. The average Bonchev–Trinajstić information content (AvgIpc) is 2.48. The molecule has 100 valence electrons. The molecule has 0 aliphatic rings. The topological polar surface area (TPSA) is 57.4 Å². The monoisotopic (exact) mass is 258 g/mol. The summed E-state index contributed by atoms with van der Waals surface area (Å²) < 4.78 is 11.0. The lowest BCUT2D eigenvalue weighted by molar-refractivity contribution is 0.315. The van der Waals surface area contributed by atoms with Crippen LogP contribution >= 0.6 is 0 Å². The Morgan fingerprint density at radius 2 is 2.16 bits per heavy atom. The van der Waals surface area contributed by atoms with Gasteiger partial charge in [0.05, 0.1) is 13.7 Å². The van der Waals surface area contributed by atoms with Crippen LogP contribution in [-0.4, -0.2) is 18.7 Å². The molecule has 0 saturated heterocycles. The number of hydrogen-bond donors (Lipinski definition) is 1. The Bertz CT molecular complexity index is 515. The van der Waals surface area contributed by atoms with Gasteiger partial charge in [0.15, 0.2) is 0 Å². The number of ether oxygens (including phenoxy) is 2. The van der Waals surface area contributed by atoms with Crippen molar-refractivity contribution >= 4 is 0 Å². The van der Waals surface area contributed by atoms with Crippen LogP contribution in [0.1, 0.15) is 11.1 Å². The fourth-order valence-corrected chi connectivity index (χ4v) is 1.79. The van der Waals surface area contributed by atoms with Gasteiger partial charge >= 0.3 is 0 Å². The minimum Gasteiger partial charge on any atom is -0.497 e. The molecule has 0 radical (unpaired) electrons. The summed E-state index contributed by atoms with van der Waals surface area (Å²) in [6.07, 6.45) is 4.42. The van der Waals surface area contributed by atoms with Crippen molar-refractivity contribution in [3.63, 3.8) is 0 Å². The van der Waals surface area contributed by atoms with Crippen LogP contribution in [0.3, 0.4) is 0 Å². The van der Waals surface area contributed by atoms with E-state index in [1.165, 1.54) is 0 Å². The number of nitrogens with zero attached hydrogens (tertiary/aromatic N) is 1. The first-order valence-corrected chi connectivity index (χ1v) is 6.22. The number of nitrogens with two attached hydrogens (primary N) is 1. The van der Waals surface area contributed by atoms with E-state index in [1.54, 1.807) is 13.3 Å². The van der Waals surface area contributed by atoms with E-state index in [4.69, 9.17) is 15.2 Å². The van der Waals surface area contributed by atoms with Gasteiger partial charge in [0.1, 0.15) is 11.5 Å². The molecule has 0 aliphatic carbocycles. The quantitative estimate of drug-likeness (QED) is 0.862. The lowest BCUT2D eigenvalue weighted by atomic mass is 10.2. The summed E-state index contributed by atoms with van der Waals surface area (Å²) in [6, 6.07) is 9.64. The van der Waals surface area contributed by atoms with Crippen molar-refractivity contribution < 1.29 is 9.47 Å². The highest BCUT2D eigenvalue weighted by atomic mass is 16.5. The number of pyridine rings is 1. The average molecular weight is 258 g/mol. The predicted octanol–water partition coefficient (Wildman–Crippen LogP) is 2.17. The number of hydrogen-bond acceptors (Lipinski definition) is 4. The van der Waals surface area contributed by atoms with Crippen LogP contribution in [0.15, 0.2) is 42.7 Å². The summed E-state index contributed by atoms with van der Waals surface area (Å²) in [7, 11) is 1.64. The molecule has 4 heteroatoms. The van der Waals surface area contributed by atoms with E-state index in [0.29, 0.717) is 13.2 Å². The zero-order valence-corrected chi connectivity index (χ0v) is 11.0. The zero-order chi connectivity index (χ0) is 13.5. The summed E-state index contributed by atoms with van der Waals surface area (Å²) in [5.74, 6) is 1.55. The molecule has 0 amide bonds. The zero-order valence-electron chi connectivity index (χ0n) is 11.0. The molecule has 2 rings (SSSR count). The van der Waals surface area contributed by atoms with E-state index in [1.807, 2.05) is 36.5 Å². The molecule has 0 saturated carbocycles. The van der Waals surface area contributed by atoms with E-state index in [-0.39, 0.29) is 0 Å². The third kappa shape index (κ3) is 3.69. The molecule has 0 unspecified atom stereocenters. The van der Waals surface area contributed by atoms with Gasteiger partial charge in [0.25, 0.3) is 0 Å². The second kappa shape index (κ2) is 6.75. The third-order valence-electron chi connectivity index (χ3n) is 2.87. The second-order valence-corrected chi connectivity index (χ2v) is 4.14. The van der Waals surface area contributed by atoms with E-state index in [0.717, 1.165) is 29.0 Å². The van der Waals surface area contributed by atoms with Crippen LogP contribution in [0.2, 0.25) is 0 Å². The van der Waals surface area contributed by atoms with Crippen LogP contribution in [0.4, 0.5) is 0 Å². The maximum absolute atomic E-state index is 5.79. The van der Waals surface area contributed by atoms with Gasteiger partial charge in [-0.15, -0.1) is 0 Å². The first-order chi connectivity index (χ1) is 9.33. The molecule has 1 heterocycles. The molecule has 1 aromatic carbocycles. The van der Waals surface area contributed by atoms with E-state index in [9.17, 15) is 0 Å². The van der Waals surface area contributed by atoms with E-state index >= 15 is 0 Å². The van der Waals surface area contributed by atoms with Crippen molar-refractivity contribution in [1.29, 1.82) is 0 Å². The van der Waals surface area contributed by atoms with E-state index in [2.05, 4.69) is 4.98 Å². The number of methoxy groups -OCH3 is 1. The molecular weight excluding hydrogens is 240 g/mol. The number of rotatable bonds is 6. The van der Waals surface area contributed by atoms with Crippen molar-refractivity contribution in [3.05, 3.63) is 53.9 Å². The summed E-state index contributed by atoms with van der Waals surface area (Å²) in [6.45, 7) is 1.04. The maximum atomic E-state index is 5.79. The molecule has 0 spiro atoms. The molecule has 0 fully saturated rings. The van der Waals surface area contributed by atoms with Gasteiger partial charge in [0.2, 0.25) is 0 Å². The van der Waals surface area contributed by atoms with Crippen molar-refractivity contribution in [3.8, 4) is 11.5 Å². The van der Waals surface area contributed by atoms with Crippen LogP contribution in [0.25, 0.3) is 0 Å². The van der Waals surface area contributed by atoms with Gasteiger partial charge < -0.3 is 15.2 Å². The molecule has 19 heavy (non-hydrogen) atoms. The SMILES string of the molecule is COc1ccc(CN)c(OCCc2cccnc2)c1. The van der Waals surface area contributed by atoms with Crippen molar-refractivity contribution in [2.75, 3.05) is 13.7 Å². The smallest absolute Gasteiger partial charge is 0.127 e. The van der Waals surface area contributed by atoms with Gasteiger partial charge in [-0.2, -0.15) is 0 Å². The van der Waals surface area contributed by atoms with Gasteiger partial charge in [-0.3, -0.25) is 4.98 Å². The summed E-state index contributed by atoms with van der Waals surface area (Å²) in [4.78, 5) is 4.08. The molecule has 2 N–H and O–H groups in total. The Balaban J connectivity index is 1.98. The van der Waals surface area contributed by atoms with Crippen LogP contribution in [0.5, 0.6) is 11.5 Å². The summed E-state index contributed by atoms with van der Waals surface area (Å²) >= 11 is 0. The van der Waals surface area contributed by atoms with Crippen LogP contribution in [-0.2, 0) is 13.0 Å². The molecular formula is C15H18N2O2. The standard InChI is InChI=1S/C15H18N2O2/c1-18-14-5-4-13(10-16)15(9-14)19-8-6-12-3-2-7-17-11-12/h2-5,7,9,11H,6,8,10,16H2,1H3. The Labute approximate surface area is 113 Å². The second-order valence-electron chi connectivity index (χ2n) is 4.14. The minimum absolute atomic E-state index is 0.451. The Morgan fingerprint density at radius 3 is 2.84 bits per heavy atom. The largest absolute Gasteiger partial charge is 0.497 e. The first kappa shape index (κ1) is 13.4. The fourth-order valence-electron chi connectivity index (χ4n) is 1.79. The normalized spacial score (nSPS) is 10.2. The highest BCUT2D eigenvalue weighted by molar-refractivity contribution is 5.40. The van der Waals surface area contributed by atoms with Crippen molar-refractivity contribution in [2.45, 2.75) is 13.0 Å². The van der Waals surface area contributed by atoms with Gasteiger partial charge in [-0.1, -0.05) is 12.1 Å². The maximum Gasteiger partial charge on any atom is 0.127 e. The summed E-state index contributed by atoms with van der Waals surface area (Å²) in [5, 5.41) is 0. The first-order valence-electron chi connectivity index (χ1n) is 6.22. The lowest BCUT2D eigenvalue weighted by Crippen LogP contribution is -2.06. The molecule has 0 atom stereocenters. The van der Waals surface area contributed by atoms with Gasteiger partial charge in [-0.05, 0) is 17.7 Å². The van der Waals surface area contributed by atoms with Crippen LogP contribution < -0.4 is 15.2 Å². The van der Waals surface area contributed by atoms with Crippen molar-refractivity contribution in [2.24, 2.45) is 5.73 Å². The molecule has 0 bridgehead atoms. The highest BCUT2D eigenvalue weighted by Gasteiger charge is 2.04. The van der Waals surface area contributed by atoms with Crippen LogP contribution in [0, 0.1) is 0 Å². The number of aromatic nitrogens is 1. The highest BCUT2D eigenvalue weighted by Crippen LogP contribution is 2.24.